The summed E-state index contributed by atoms with van der Waals surface area (Å²) in [5, 5.41) is 10.5. The average molecular weight is 408 g/mol. The number of hydrogen-bond acceptors (Lipinski definition) is 6. The van der Waals surface area contributed by atoms with Crippen LogP contribution in [0.5, 0.6) is 0 Å². The minimum Gasteiger partial charge on any atom is -0.347 e. The van der Waals surface area contributed by atoms with Gasteiger partial charge in [0.25, 0.3) is 0 Å². The van der Waals surface area contributed by atoms with Gasteiger partial charge >= 0.3 is 0 Å². The maximum Gasteiger partial charge on any atom is 0.213 e. The van der Waals surface area contributed by atoms with Crippen molar-refractivity contribution in [2.24, 2.45) is 0 Å². The second-order valence-electron chi connectivity index (χ2n) is 9.08. The first kappa shape index (κ1) is 18.5. The van der Waals surface area contributed by atoms with E-state index in [1.165, 1.54) is 37.7 Å². The lowest BCUT2D eigenvalue weighted by atomic mass is 9.89. The second-order valence-corrected chi connectivity index (χ2v) is 9.08. The van der Waals surface area contributed by atoms with Crippen molar-refractivity contribution in [3.8, 4) is 0 Å². The Morgan fingerprint density at radius 2 is 1.77 bits per heavy atom. The van der Waals surface area contributed by atoms with Gasteiger partial charge in [-0.25, -0.2) is 9.38 Å². The molecule has 1 aromatic carbocycles. The number of anilines is 1. The van der Waals surface area contributed by atoms with Crippen LogP contribution in [0.15, 0.2) is 18.2 Å². The third-order valence-electron chi connectivity index (χ3n) is 7.09. The van der Waals surface area contributed by atoms with Gasteiger partial charge in [0.1, 0.15) is 5.82 Å². The third-order valence-corrected chi connectivity index (χ3v) is 7.09. The van der Waals surface area contributed by atoms with Gasteiger partial charge < -0.3 is 14.4 Å². The van der Waals surface area contributed by atoms with Crippen molar-refractivity contribution in [3.05, 3.63) is 29.6 Å². The van der Waals surface area contributed by atoms with Gasteiger partial charge in [0.05, 0.1) is 18.7 Å². The summed E-state index contributed by atoms with van der Waals surface area (Å²) in [6.07, 6.45) is 7.99. The molecule has 0 atom stereocenters. The molecular formula is C23H29N5O2. The fourth-order valence-corrected chi connectivity index (χ4v) is 5.42. The molecule has 158 valence electrons. The molecule has 7 nitrogen and oxygen atoms in total. The van der Waals surface area contributed by atoms with Crippen LogP contribution in [-0.2, 0) is 9.47 Å². The molecule has 0 amide bonds. The van der Waals surface area contributed by atoms with Crippen molar-refractivity contribution < 1.29 is 9.47 Å². The molecule has 1 saturated carbocycles. The predicted molar refractivity (Wildman–Crippen MR) is 115 cm³/mol. The summed E-state index contributed by atoms with van der Waals surface area (Å²) in [4.78, 5) is 7.51. The molecule has 1 aliphatic carbocycles. The monoisotopic (exact) mass is 407 g/mol. The standard InChI is InChI=1S/C23H29N5O2/c1-16-7-8-19-18(15-16)21-26-25-20(17-5-3-2-4-6-17)28(21)22(24-19)27-11-9-23(10-12-27)29-13-14-30-23/h7-8,15,17H,2-6,9-14H2,1H3. The number of ether oxygens (including phenoxy) is 2. The van der Waals surface area contributed by atoms with Crippen LogP contribution in [0, 0.1) is 6.92 Å². The van der Waals surface area contributed by atoms with E-state index in [9.17, 15) is 0 Å². The van der Waals surface area contributed by atoms with E-state index in [1.54, 1.807) is 0 Å². The molecule has 0 bridgehead atoms. The molecule has 3 fully saturated rings. The highest BCUT2D eigenvalue weighted by molar-refractivity contribution is 5.93. The van der Waals surface area contributed by atoms with Gasteiger partial charge in [-0.2, -0.15) is 0 Å². The van der Waals surface area contributed by atoms with Gasteiger partial charge in [-0.1, -0.05) is 30.9 Å². The third kappa shape index (κ3) is 2.98. The Balaban J connectivity index is 1.47. The summed E-state index contributed by atoms with van der Waals surface area (Å²) in [6.45, 7) is 5.25. The van der Waals surface area contributed by atoms with E-state index >= 15 is 0 Å². The van der Waals surface area contributed by atoms with Gasteiger partial charge in [-0.05, 0) is 31.9 Å². The summed E-state index contributed by atoms with van der Waals surface area (Å²) >= 11 is 0. The van der Waals surface area contributed by atoms with Crippen LogP contribution in [0.1, 0.15) is 62.3 Å². The fraction of sp³-hybridized carbons (Fsp3) is 0.609. The SMILES string of the molecule is Cc1ccc2nc(N3CCC4(CC3)OCCO4)n3c(C4CCCCC4)nnc3c2c1. The topological polar surface area (TPSA) is 64.8 Å². The van der Waals surface area contributed by atoms with E-state index in [4.69, 9.17) is 19.6 Å². The van der Waals surface area contributed by atoms with Gasteiger partial charge in [0, 0.05) is 37.2 Å². The van der Waals surface area contributed by atoms with Crippen molar-refractivity contribution in [2.75, 3.05) is 31.2 Å². The summed E-state index contributed by atoms with van der Waals surface area (Å²) in [6, 6.07) is 6.42. The summed E-state index contributed by atoms with van der Waals surface area (Å²) in [7, 11) is 0. The molecule has 1 spiro atoms. The van der Waals surface area contributed by atoms with Gasteiger partial charge in [-0.15, -0.1) is 10.2 Å². The maximum absolute atomic E-state index is 5.94. The molecule has 0 radical (unpaired) electrons. The first-order valence-electron chi connectivity index (χ1n) is 11.4. The fourth-order valence-electron chi connectivity index (χ4n) is 5.42. The van der Waals surface area contributed by atoms with Crippen LogP contribution in [0.3, 0.4) is 0 Å². The zero-order chi connectivity index (χ0) is 20.1. The largest absolute Gasteiger partial charge is 0.347 e. The molecule has 2 aliphatic heterocycles. The Hall–Kier alpha value is -2.25. The maximum atomic E-state index is 5.94. The number of fused-ring (bicyclic) bond motifs is 3. The van der Waals surface area contributed by atoms with E-state index in [0.717, 1.165) is 54.3 Å². The Labute approximate surface area is 176 Å². The zero-order valence-corrected chi connectivity index (χ0v) is 17.6. The average Bonchev–Trinajstić information content (AvgIpc) is 3.43. The highest BCUT2D eigenvalue weighted by Gasteiger charge is 2.40. The molecular weight excluding hydrogens is 378 g/mol. The molecule has 7 heteroatoms. The van der Waals surface area contributed by atoms with Gasteiger partial charge in [-0.3, -0.25) is 0 Å². The summed E-state index contributed by atoms with van der Waals surface area (Å²) in [5.74, 6) is 2.14. The van der Waals surface area contributed by atoms with Crippen LogP contribution >= 0.6 is 0 Å². The van der Waals surface area contributed by atoms with Crippen molar-refractivity contribution in [1.82, 2.24) is 19.6 Å². The molecule has 2 saturated heterocycles. The first-order chi connectivity index (χ1) is 14.7. The number of aromatic nitrogens is 4. The quantitative estimate of drug-likeness (QED) is 0.640. The molecule has 3 aromatic rings. The first-order valence-corrected chi connectivity index (χ1v) is 11.4. The van der Waals surface area contributed by atoms with Crippen LogP contribution < -0.4 is 4.90 Å². The smallest absolute Gasteiger partial charge is 0.213 e. The number of benzene rings is 1. The molecule has 3 aliphatic rings. The highest BCUT2D eigenvalue weighted by atomic mass is 16.7. The van der Waals surface area contributed by atoms with E-state index in [2.05, 4.69) is 39.5 Å². The zero-order valence-electron chi connectivity index (χ0n) is 17.6. The Kier molecular flexibility index (Phi) is 4.42. The lowest BCUT2D eigenvalue weighted by Gasteiger charge is -2.38. The molecule has 4 heterocycles. The summed E-state index contributed by atoms with van der Waals surface area (Å²) in [5.41, 5.74) is 3.14. The number of rotatable bonds is 2. The van der Waals surface area contributed by atoms with E-state index < -0.39 is 0 Å². The van der Waals surface area contributed by atoms with Crippen molar-refractivity contribution in [1.29, 1.82) is 0 Å². The van der Waals surface area contributed by atoms with E-state index in [1.807, 2.05) is 0 Å². The molecule has 2 aromatic heterocycles. The Bertz CT molecular complexity index is 1070. The lowest BCUT2D eigenvalue weighted by molar-refractivity contribution is -0.169. The van der Waals surface area contributed by atoms with Crippen LogP contribution in [0.25, 0.3) is 16.6 Å². The summed E-state index contributed by atoms with van der Waals surface area (Å²) < 4.78 is 14.1. The molecule has 6 rings (SSSR count). The van der Waals surface area contributed by atoms with Crippen molar-refractivity contribution in [3.63, 3.8) is 0 Å². The van der Waals surface area contributed by atoms with Crippen molar-refractivity contribution in [2.45, 2.75) is 63.6 Å². The van der Waals surface area contributed by atoms with Gasteiger partial charge in [0.2, 0.25) is 5.95 Å². The minimum absolute atomic E-state index is 0.386. The lowest BCUT2D eigenvalue weighted by Crippen LogP contribution is -2.46. The number of piperidine rings is 1. The minimum atomic E-state index is -0.386. The number of nitrogens with zero attached hydrogens (tertiary/aromatic N) is 5. The van der Waals surface area contributed by atoms with Gasteiger partial charge in [0.15, 0.2) is 11.4 Å². The highest BCUT2D eigenvalue weighted by Crippen LogP contribution is 2.37. The number of aryl methyl sites for hydroxylation is 1. The van der Waals surface area contributed by atoms with E-state index in [0.29, 0.717) is 19.1 Å². The Morgan fingerprint density at radius 3 is 2.53 bits per heavy atom. The molecule has 0 unspecified atom stereocenters. The van der Waals surface area contributed by atoms with Crippen LogP contribution in [-0.4, -0.2) is 51.7 Å². The molecule has 30 heavy (non-hydrogen) atoms. The van der Waals surface area contributed by atoms with E-state index in [-0.39, 0.29) is 5.79 Å². The second kappa shape index (κ2) is 7.17. The normalized spacial score (nSPS) is 22.5. The Morgan fingerprint density at radius 1 is 1.00 bits per heavy atom. The predicted octanol–water partition coefficient (Wildman–Crippen LogP) is 3.98. The van der Waals surface area contributed by atoms with Crippen LogP contribution in [0.4, 0.5) is 5.95 Å². The number of hydrogen-bond donors (Lipinski definition) is 0. The van der Waals surface area contributed by atoms with Crippen molar-refractivity contribution >= 4 is 22.5 Å². The van der Waals surface area contributed by atoms with Crippen LogP contribution in [0.2, 0.25) is 0 Å². The molecule has 0 N–H and O–H groups in total.